The summed E-state index contributed by atoms with van der Waals surface area (Å²) in [6, 6.07) is 9.67. The number of hydrogen-bond donors (Lipinski definition) is 1. The molecule has 1 aromatic carbocycles. The predicted molar refractivity (Wildman–Crippen MR) is 99.5 cm³/mol. The molecule has 29 heavy (non-hydrogen) atoms. The quantitative estimate of drug-likeness (QED) is 0.718. The summed E-state index contributed by atoms with van der Waals surface area (Å²) in [5.74, 6) is 1.00. The minimum atomic E-state index is -4.41. The first-order valence-corrected chi connectivity index (χ1v) is 9.34. The van der Waals surface area contributed by atoms with Gasteiger partial charge >= 0.3 is 6.18 Å². The van der Waals surface area contributed by atoms with Crippen molar-refractivity contribution in [3.05, 3.63) is 65.6 Å². The summed E-state index contributed by atoms with van der Waals surface area (Å²) in [6.45, 7) is 2.41. The fourth-order valence-corrected chi connectivity index (χ4v) is 3.60. The molecule has 3 aromatic rings. The molecule has 1 saturated heterocycles. The van der Waals surface area contributed by atoms with Crippen LogP contribution in [0, 0.1) is 0 Å². The van der Waals surface area contributed by atoms with Crippen LogP contribution in [0.1, 0.15) is 35.6 Å². The van der Waals surface area contributed by atoms with Gasteiger partial charge in [-0.15, -0.1) is 5.10 Å². The molecule has 0 spiro atoms. The van der Waals surface area contributed by atoms with Crippen LogP contribution in [0.4, 0.5) is 13.2 Å². The van der Waals surface area contributed by atoms with Crippen molar-refractivity contribution >= 4 is 0 Å². The summed E-state index contributed by atoms with van der Waals surface area (Å²) in [5.41, 5.74) is 1.10. The molecular formula is C20H20F3N5O. The van der Waals surface area contributed by atoms with E-state index in [1.165, 1.54) is 10.7 Å². The van der Waals surface area contributed by atoms with Crippen molar-refractivity contribution in [1.82, 2.24) is 24.9 Å². The molecule has 0 atom stereocenters. The van der Waals surface area contributed by atoms with Crippen molar-refractivity contribution in [2.45, 2.75) is 31.5 Å². The molecule has 1 fully saturated rings. The van der Waals surface area contributed by atoms with Gasteiger partial charge in [0.25, 0.3) is 0 Å². The lowest BCUT2D eigenvalue weighted by Gasteiger charge is -2.31. The molecular weight excluding hydrogens is 383 g/mol. The second-order valence-electron chi connectivity index (χ2n) is 7.20. The van der Waals surface area contributed by atoms with Gasteiger partial charge in [-0.3, -0.25) is 4.90 Å². The normalized spacial score (nSPS) is 16.2. The first kappa shape index (κ1) is 19.4. The molecule has 0 amide bonds. The zero-order valence-electron chi connectivity index (χ0n) is 15.5. The molecule has 4 rings (SSSR count). The second-order valence-corrected chi connectivity index (χ2v) is 7.20. The fourth-order valence-electron chi connectivity index (χ4n) is 3.60. The Labute approximate surface area is 165 Å². The summed E-state index contributed by atoms with van der Waals surface area (Å²) in [6.07, 6.45) is 0.0412. The minimum absolute atomic E-state index is 0.290. The maximum Gasteiger partial charge on any atom is 0.417 e. The summed E-state index contributed by atoms with van der Waals surface area (Å²) >= 11 is 0. The van der Waals surface area contributed by atoms with Crippen molar-refractivity contribution < 1.29 is 18.3 Å². The van der Waals surface area contributed by atoms with Gasteiger partial charge in [0.15, 0.2) is 5.82 Å². The fraction of sp³-hybridized carbons (Fsp3) is 0.350. The number of nitrogens with zero attached hydrogens (tertiary/aromatic N) is 5. The van der Waals surface area contributed by atoms with Crippen LogP contribution in [-0.2, 0) is 12.7 Å². The zero-order chi connectivity index (χ0) is 20.4. The number of piperidine rings is 1. The van der Waals surface area contributed by atoms with Crippen molar-refractivity contribution in [3.8, 4) is 11.6 Å². The van der Waals surface area contributed by atoms with Gasteiger partial charge in [0, 0.05) is 12.7 Å². The Bertz CT molecular complexity index is 963. The molecule has 1 aliphatic heterocycles. The lowest BCUT2D eigenvalue weighted by atomic mass is 9.89. The Balaban J connectivity index is 1.35. The summed E-state index contributed by atoms with van der Waals surface area (Å²) in [7, 11) is 0. The molecule has 2 aromatic heterocycles. The third-order valence-corrected chi connectivity index (χ3v) is 5.17. The highest BCUT2D eigenvalue weighted by Gasteiger charge is 2.30. The Kier molecular flexibility index (Phi) is 5.23. The number of phenols is 1. The number of aromatic nitrogens is 4. The number of pyridine rings is 1. The van der Waals surface area contributed by atoms with Crippen molar-refractivity contribution in [3.63, 3.8) is 0 Å². The summed E-state index contributed by atoms with van der Waals surface area (Å²) in [4.78, 5) is 6.10. The summed E-state index contributed by atoms with van der Waals surface area (Å²) < 4.78 is 39.3. The Morgan fingerprint density at radius 3 is 2.55 bits per heavy atom. The van der Waals surface area contributed by atoms with Crippen LogP contribution in [0.3, 0.4) is 0 Å². The average molecular weight is 403 g/mol. The minimum Gasteiger partial charge on any atom is -0.508 e. The van der Waals surface area contributed by atoms with Crippen LogP contribution >= 0.6 is 0 Å². The average Bonchev–Trinajstić information content (AvgIpc) is 3.16. The van der Waals surface area contributed by atoms with Crippen molar-refractivity contribution in [2.75, 3.05) is 13.1 Å². The second kappa shape index (κ2) is 7.82. The molecule has 0 radical (unpaired) electrons. The Hall–Kier alpha value is -2.94. The predicted octanol–water partition coefficient (Wildman–Crippen LogP) is 3.77. The third-order valence-electron chi connectivity index (χ3n) is 5.17. The van der Waals surface area contributed by atoms with Gasteiger partial charge < -0.3 is 5.11 Å². The largest absolute Gasteiger partial charge is 0.508 e. The highest BCUT2D eigenvalue weighted by Crippen LogP contribution is 2.30. The molecule has 0 aliphatic carbocycles. The van der Waals surface area contributed by atoms with Crippen LogP contribution in [0.2, 0.25) is 0 Å². The maximum absolute atomic E-state index is 12.6. The summed E-state index contributed by atoms with van der Waals surface area (Å²) in [5, 5.41) is 17.8. The molecule has 6 nitrogen and oxygen atoms in total. The third kappa shape index (κ3) is 4.56. The number of halogens is 3. The van der Waals surface area contributed by atoms with E-state index in [4.69, 9.17) is 0 Å². The van der Waals surface area contributed by atoms with Crippen LogP contribution in [0.25, 0.3) is 5.82 Å². The molecule has 3 heterocycles. The van der Waals surface area contributed by atoms with Gasteiger partial charge in [-0.1, -0.05) is 17.3 Å². The number of benzene rings is 1. The van der Waals surface area contributed by atoms with Crippen LogP contribution in [0.15, 0.2) is 48.8 Å². The lowest BCUT2D eigenvalue weighted by molar-refractivity contribution is -0.137. The molecule has 0 saturated carbocycles. The van der Waals surface area contributed by atoms with Crippen LogP contribution in [-0.4, -0.2) is 43.1 Å². The first-order valence-electron chi connectivity index (χ1n) is 9.34. The van der Waals surface area contributed by atoms with Crippen molar-refractivity contribution in [1.29, 1.82) is 0 Å². The number of hydrogen-bond acceptors (Lipinski definition) is 5. The van der Waals surface area contributed by atoms with E-state index in [0.29, 0.717) is 24.0 Å². The molecule has 0 bridgehead atoms. The standard InChI is InChI=1S/C20H20F3N5O/c21-20(22,23)16-4-5-19(24-11-16)28-13-17(25-26-28)12-27-8-6-14(7-9-27)15-2-1-3-18(29)10-15/h1-5,10-11,13-14,29H,6-9,12H2. The number of rotatable bonds is 4. The van der Waals surface area contributed by atoms with Crippen LogP contribution < -0.4 is 0 Å². The van der Waals surface area contributed by atoms with E-state index in [-0.39, 0.29) is 0 Å². The van der Waals surface area contributed by atoms with Gasteiger partial charge in [0.05, 0.1) is 17.5 Å². The van der Waals surface area contributed by atoms with E-state index in [1.54, 1.807) is 12.3 Å². The molecule has 0 unspecified atom stereocenters. The molecule has 9 heteroatoms. The van der Waals surface area contributed by atoms with Crippen LogP contribution in [0.5, 0.6) is 5.75 Å². The first-order chi connectivity index (χ1) is 13.9. The SMILES string of the molecule is Oc1cccc(C2CCN(Cc3cn(-c4ccc(C(F)(F)F)cn4)nn3)CC2)c1. The van der Waals surface area contributed by atoms with E-state index in [2.05, 4.69) is 20.2 Å². The maximum atomic E-state index is 12.6. The smallest absolute Gasteiger partial charge is 0.417 e. The lowest BCUT2D eigenvalue weighted by Crippen LogP contribution is -2.32. The topological polar surface area (TPSA) is 67.1 Å². The number of likely N-dealkylation sites (tertiary alicyclic amines) is 1. The number of phenolic OH excluding ortho intramolecular Hbond substituents is 1. The van der Waals surface area contributed by atoms with Gasteiger partial charge in [-0.2, -0.15) is 13.2 Å². The van der Waals surface area contributed by atoms with E-state index in [0.717, 1.165) is 49.5 Å². The van der Waals surface area contributed by atoms with Gasteiger partial charge in [-0.05, 0) is 61.7 Å². The van der Waals surface area contributed by atoms with Gasteiger partial charge in [0.2, 0.25) is 0 Å². The number of aromatic hydroxyl groups is 1. The van der Waals surface area contributed by atoms with E-state index < -0.39 is 11.7 Å². The van der Waals surface area contributed by atoms with E-state index >= 15 is 0 Å². The zero-order valence-corrected chi connectivity index (χ0v) is 15.5. The molecule has 152 valence electrons. The highest BCUT2D eigenvalue weighted by molar-refractivity contribution is 5.30. The van der Waals surface area contributed by atoms with Gasteiger partial charge in [-0.25, -0.2) is 9.67 Å². The number of alkyl halides is 3. The Morgan fingerprint density at radius 2 is 1.90 bits per heavy atom. The molecule has 1 N–H and O–H groups in total. The highest BCUT2D eigenvalue weighted by atomic mass is 19.4. The van der Waals surface area contributed by atoms with Crippen molar-refractivity contribution in [2.24, 2.45) is 0 Å². The monoisotopic (exact) mass is 403 g/mol. The van der Waals surface area contributed by atoms with E-state index in [1.807, 2.05) is 18.2 Å². The molecule has 1 aliphatic rings. The Morgan fingerprint density at radius 1 is 1.10 bits per heavy atom. The van der Waals surface area contributed by atoms with Gasteiger partial charge in [0.1, 0.15) is 5.75 Å². The van der Waals surface area contributed by atoms with E-state index in [9.17, 15) is 18.3 Å².